The van der Waals surface area contributed by atoms with Crippen LogP contribution >= 0.6 is 0 Å². The summed E-state index contributed by atoms with van der Waals surface area (Å²) >= 11 is 0. The molecule has 1 fully saturated rings. The SMILES string of the molecule is Cc1ccc(CF)cc1C1(N=C=O)CC1. The van der Waals surface area contributed by atoms with E-state index >= 15 is 0 Å². The highest BCUT2D eigenvalue weighted by atomic mass is 19.1. The fourth-order valence-electron chi connectivity index (χ4n) is 1.90. The van der Waals surface area contributed by atoms with E-state index in [9.17, 15) is 9.18 Å². The van der Waals surface area contributed by atoms with E-state index in [1.165, 1.54) is 0 Å². The van der Waals surface area contributed by atoms with Gasteiger partial charge in [-0.2, -0.15) is 4.99 Å². The van der Waals surface area contributed by atoms with Gasteiger partial charge in [0.2, 0.25) is 6.08 Å². The molecular formula is C12H12FNO. The van der Waals surface area contributed by atoms with Crippen molar-refractivity contribution in [3.05, 3.63) is 34.9 Å². The molecule has 78 valence electrons. The number of isocyanates is 1. The number of rotatable bonds is 3. The van der Waals surface area contributed by atoms with Gasteiger partial charge in [0.1, 0.15) is 6.67 Å². The number of nitrogens with zero attached hydrogens (tertiary/aromatic N) is 1. The maximum Gasteiger partial charge on any atom is 0.235 e. The Balaban J connectivity index is 2.47. The Morgan fingerprint density at radius 1 is 1.53 bits per heavy atom. The van der Waals surface area contributed by atoms with Gasteiger partial charge in [0, 0.05) is 0 Å². The van der Waals surface area contributed by atoms with Crippen LogP contribution in [-0.2, 0) is 17.0 Å². The van der Waals surface area contributed by atoms with Gasteiger partial charge >= 0.3 is 0 Å². The first-order valence-electron chi connectivity index (χ1n) is 4.97. The Morgan fingerprint density at radius 2 is 2.27 bits per heavy atom. The molecule has 3 heteroatoms. The van der Waals surface area contributed by atoms with Crippen molar-refractivity contribution >= 4 is 6.08 Å². The van der Waals surface area contributed by atoms with Crippen LogP contribution in [-0.4, -0.2) is 6.08 Å². The minimum absolute atomic E-state index is 0.392. The zero-order chi connectivity index (χ0) is 10.9. The molecule has 1 aliphatic carbocycles. The topological polar surface area (TPSA) is 29.4 Å². The molecule has 0 atom stereocenters. The Hall–Kier alpha value is -1.47. The highest BCUT2D eigenvalue weighted by Gasteiger charge is 2.45. The van der Waals surface area contributed by atoms with Crippen molar-refractivity contribution in [3.63, 3.8) is 0 Å². The molecule has 0 aliphatic heterocycles. The largest absolute Gasteiger partial charge is 0.246 e. The summed E-state index contributed by atoms with van der Waals surface area (Å²) in [6.07, 6.45) is 3.33. The predicted octanol–water partition coefficient (Wildman–Crippen LogP) is 2.79. The quantitative estimate of drug-likeness (QED) is 0.551. The molecule has 0 unspecified atom stereocenters. The van der Waals surface area contributed by atoms with Crippen LogP contribution in [0.4, 0.5) is 4.39 Å². The number of hydrogen-bond donors (Lipinski definition) is 0. The summed E-state index contributed by atoms with van der Waals surface area (Å²) in [7, 11) is 0. The molecule has 1 aromatic carbocycles. The molecule has 0 radical (unpaired) electrons. The lowest BCUT2D eigenvalue weighted by atomic mass is 9.97. The third-order valence-electron chi connectivity index (χ3n) is 2.94. The molecule has 0 N–H and O–H groups in total. The zero-order valence-corrected chi connectivity index (χ0v) is 8.59. The Morgan fingerprint density at radius 3 is 2.80 bits per heavy atom. The van der Waals surface area contributed by atoms with Crippen molar-refractivity contribution in [2.45, 2.75) is 32.0 Å². The smallest absolute Gasteiger partial charge is 0.235 e. The van der Waals surface area contributed by atoms with Crippen LogP contribution in [0.5, 0.6) is 0 Å². The first-order chi connectivity index (χ1) is 7.22. The van der Waals surface area contributed by atoms with Crippen LogP contribution in [0.2, 0.25) is 0 Å². The third kappa shape index (κ3) is 1.71. The van der Waals surface area contributed by atoms with Gasteiger partial charge in [0.05, 0.1) is 5.54 Å². The number of carbonyl (C=O) groups excluding carboxylic acids is 1. The number of aliphatic imine (C=N–C) groups is 1. The number of alkyl halides is 1. The van der Waals surface area contributed by atoms with E-state index in [1.807, 2.05) is 19.1 Å². The maximum atomic E-state index is 12.5. The molecule has 1 aromatic rings. The normalized spacial score (nSPS) is 16.9. The van der Waals surface area contributed by atoms with E-state index in [-0.39, 0.29) is 0 Å². The lowest BCUT2D eigenvalue weighted by molar-refractivity contribution is 0.484. The van der Waals surface area contributed by atoms with Crippen LogP contribution in [0.3, 0.4) is 0 Å². The summed E-state index contributed by atoms with van der Waals surface area (Å²) in [6.45, 7) is 1.48. The van der Waals surface area contributed by atoms with Gasteiger partial charge in [0.15, 0.2) is 0 Å². The highest BCUT2D eigenvalue weighted by molar-refractivity contribution is 5.45. The second kappa shape index (κ2) is 3.59. The van der Waals surface area contributed by atoms with Gasteiger partial charge < -0.3 is 0 Å². The van der Waals surface area contributed by atoms with Crippen LogP contribution in [0.15, 0.2) is 23.2 Å². The van der Waals surface area contributed by atoms with Crippen LogP contribution < -0.4 is 0 Å². The number of aryl methyl sites for hydroxylation is 1. The van der Waals surface area contributed by atoms with Crippen molar-refractivity contribution in [2.24, 2.45) is 4.99 Å². The zero-order valence-electron chi connectivity index (χ0n) is 8.59. The van der Waals surface area contributed by atoms with Crippen molar-refractivity contribution in [1.29, 1.82) is 0 Å². The molecule has 0 aromatic heterocycles. The second-order valence-corrected chi connectivity index (χ2v) is 4.02. The van der Waals surface area contributed by atoms with Crippen molar-refractivity contribution in [2.75, 3.05) is 0 Å². The van der Waals surface area contributed by atoms with Crippen LogP contribution in [0.25, 0.3) is 0 Å². The number of hydrogen-bond acceptors (Lipinski definition) is 2. The van der Waals surface area contributed by atoms with Crippen LogP contribution in [0, 0.1) is 6.92 Å². The maximum absolute atomic E-state index is 12.5. The van der Waals surface area contributed by atoms with E-state index in [0.717, 1.165) is 24.0 Å². The summed E-state index contributed by atoms with van der Waals surface area (Å²) in [5, 5.41) is 0. The van der Waals surface area contributed by atoms with E-state index < -0.39 is 12.2 Å². The van der Waals surface area contributed by atoms with Crippen molar-refractivity contribution in [1.82, 2.24) is 0 Å². The van der Waals surface area contributed by atoms with Crippen molar-refractivity contribution < 1.29 is 9.18 Å². The minimum atomic E-state index is -0.478. The fraction of sp³-hybridized carbons (Fsp3) is 0.417. The Labute approximate surface area is 87.8 Å². The monoisotopic (exact) mass is 205 g/mol. The highest BCUT2D eigenvalue weighted by Crippen LogP contribution is 2.50. The van der Waals surface area contributed by atoms with Crippen LogP contribution in [0.1, 0.15) is 29.5 Å². The Kier molecular flexibility index (Phi) is 2.41. The second-order valence-electron chi connectivity index (χ2n) is 4.02. The van der Waals surface area contributed by atoms with Gasteiger partial charge in [-0.15, -0.1) is 0 Å². The minimum Gasteiger partial charge on any atom is -0.246 e. The standard InChI is InChI=1S/C12H12FNO/c1-9-2-3-10(7-13)6-11(9)12(4-5-12)14-8-15/h2-3,6H,4-5,7H2,1H3. The predicted molar refractivity (Wildman–Crippen MR) is 55.0 cm³/mol. The summed E-state index contributed by atoms with van der Waals surface area (Å²) in [6, 6.07) is 5.45. The molecule has 0 bridgehead atoms. The lowest BCUT2D eigenvalue weighted by Crippen LogP contribution is -2.05. The number of halogens is 1. The molecule has 15 heavy (non-hydrogen) atoms. The summed E-state index contributed by atoms with van der Waals surface area (Å²) < 4.78 is 12.5. The summed E-state index contributed by atoms with van der Waals surface area (Å²) in [5.74, 6) is 0. The average Bonchev–Trinajstić information content (AvgIpc) is 3.00. The van der Waals surface area contributed by atoms with Gasteiger partial charge in [-0.25, -0.2) is 9.18 Å². The van der Waals surface area contributed by atoms with Gasteiger partial charge in [-0.3, -0.25) is 0 Å². The van der Waals surface area contributed by atoms with E-state index in [4.69, 9.17) is 0 Å². The molecule has 1 saturated carbocycles. The molecule has 2 nitrogen and oxygen atoms in total. The summed E-state index contributed by atoms with van der Waals surface area (Å²) in [5.41, 5.74) is 2.28. The average molecular weight is 205 g/mol. The van der Waals surface area contributed by atoms with Crippen molar-refractivity contribution in [3.8, 4) is 0 Å². The molecule has 0 amide bonds. The van der Waals surface area contributed by atoms with E-state index in [1.54, 1.807) is 12.1 Å². The van der Waals surface area contributed by atoms with Gasteiger partial charge in [0.25, 0.3) is 0 Å². The van der Waals surface area contributed by atoms with Gasteiger partial charge in [-0.1, -0.05) is 18.2 Å². The Bertz CT molecular complexity index is 431. The molecule has 2 rings (SSSR count). The van der Waals surface area contributed by atoms with Gasteiger partial charge in [-0.05, 0) is 36.5 Å². The summed E-state index contributed by atoms with van der Waals surface area (Å²) in [4.78, 5) is 14.2. The molecule has 0 saturated heterocycles. The first kappa shape index (κ1) is 10.1. The van der Waals surface area contributed by atoms with E-state index in [2.05, 4.69) is 4.99 Å². The van der Waals surface area contributed by atoms with E-state index in [0.29, 0.717) is 5.56 Å². The molecular weight excluding hydrogens is 193 g/mol. The lowest BCUT2D eigenvalue weighted by Gasteiger charge is -2.12. The molecule has 0 heterocycles. The number of benzene rings is 1. The molecule has 1 aliphatic rings. The fourth-order valence-corrected chi connectivity index (χ4v) is 1.90. The molecule has 0 spiro atoms. The third-order valence-corrected chi connectivity index (χ3v) is 2.94. The first-order valence-corrected chi connectivity index (χ1v) is 4.97.